The number of ether oxygens (including phenoxy) is 1. The molecule has 106 valence electrons. The van der Waals surface area contributed by atoms with Crippen molar-refractivity contribution in [1.29, 1.82) is 0 Å². The van der Waals surface area contributed by atoms with Crippen LogP contribution in [-0.2, 0) is 0 Å². The molecule has 1 aromatic heterocycles. The van der Waals surface area contributed by atoms with Crippen molar-refractivity contribution in [1.82, 2.24) is 9.97 Å². The van der Waals surface area contributed by atoms with E-state index in [-0.39, 0.29) is 0 Å². The Morgan fingerprint density at radius 2 is 1.80 bits per heavy atom. The Morgan fingerprint density at radius 3 is 2.45 bits per heavy atom. The van der Waals surface area contributed by atoms with Crippen molar-refractivity contribution in [2.45, 2.75) is 0 Å². The maximum atomic E-state index is 5.94. The maximum Gasteiger partial charge on any atom is 0.228 e. The summed E-state index contributed by atoms with van der Waals surface area (Å²) in [7, 11) is 7.68. The van der Waals surface area contributed by atoms with Gasteiger partial charge < -0.3 is 20.3 Å². The molecule has 6 nitrogen and oxygen atoms in total. The van der Waals surface area contributed by atoms with Crippen LogP contribution in [0, 0.1) is 0 Å². The summed E-state index contributed by atoms with van der Waals surface area (Å²) in [6.45, 7) is 0. The largest absolute Gasteiger partial charge is 0.437 e. The van der Waals surface area contributed by atoms with E-state index >= 15 is 0 Å². The second kappa shape index (κ2) is 5.64. The predicted molar refractivity (Wildman–Crippen MR) is 81.6 cm³/mol. The fourth-order valence-corrected chi connectivity index (χ4v) is 1.61. The lowest BCUT2D eigenvalue weighted by molar-refractivity contribution is 0.464. The van der Waals surface area contributed by atoms with Gasteiger partial charge in [-0.05, 0) is 12.1 Å². The van der Waals surface area contributed by atoms with Crippen LogP contribution < -0.4 is 20.3 Å². The Hall–Kier alpha value is -2.50. The molecule has 0 unspecified atom stereocenters. The Kier molecular flexibility index (Phi) is 3.93. The van der Waals surface area contributed by atoms with E-state index in [0.717, 1.165) is 5.69 Å². The Labute approximate surface area is 118 Å². The zero-order valence-electron chi connectivity index (χ0n) is 12.2. The number of nitrogens with two attached hydrogens (primary N) is 1. The fraction of sp³-hybridized carbons (Fsp3) is 0.286. The van der Waals surface area contributed by atoms with Gasteiger partial charge in [0.15, 0.2) is 5.75 Å². The van der Waals surface area contributed by atoms with E-state index < -0.39 is 0 Å². The minimum atomic E-state index is 0.464. The molecule has 2 rings (SSSR count). The normalized spacial score (nSPS) is 10.2. The third-order valence-corrected chi connectivity index (χ3v) is 2.75. The van der Waals surface area contributed by atoms with E-state index in [4.69, 9.17) is 10.5 Å². The van der Waals surface area contributed by atoms with Crippen molar-refractivity contribution in [2.24, 2.45) is 0 Å². The first kappa shape index (κ1) is 13.9. The average Bonchev–Trinajstić information content (AvgIpc) is 2.41. The van der Waals surface area contributed by atoms with Gasteiger partial charge in [-0.15, -0.1) is 0 Å². The van der Waals surface area contributed by atoms with Gasteiger partial charge in [-0.2, -0.15) is 4.98 Å². The molecule has 0 aliphatic carbocycles. The van der Waals surface area contributed by atoms with Gasteiger partial charge in [0, 0.05) is 52.2 Å². The van der Waals surface area contributed by atoms with Crippen LogP contribution in [0.25, 0.3) is 0 Å². The molecule has 1 heterocycles. The van der Waals surface area contributed by atoms with Crippen LogP contribution in [-0.4, -0.2) is 38.2 Å². The van der Waals surface area contributed by atoms with Crippen LogP contribution in [0.4, 0.5) is 17.3 Å². The van der Waals surface area contributed by atoms with Crippen LogP contribution >= 0.6 is 0 Å². The number of rotatable bonds is 4. The van der Waals surface area contributed by atoms with Gasteiger partial charge in [-0.3, -0.25) is 0 Å². The summed E-state index contributed by atoms with van der Waals surface area (Å²) in [4.78, 5) is 12.2. The van der Waals surface area contributed by atoms with Gasteiger partial charge in [0.25, 0.3) is 0 Å². The summed E-state index contributed by atoms with van der Waals surface area (Å²) in [5, 5.41) is 0. The van der Waals surface area contributed by atoms with Crippen LogP contribution in [0.5, 0.6) is 11.6 Å². The van der Waals surface area contributed by atoms with Gasteiger partial charge in [0.1, 0.15) is 0 Å². The third-order valence-electron chi connectivity index (χ3n) is 2.75. The first-order chi connectivity index (χ1) is 9.47. The highest BCUT2D eigenvalue weighted by molar-refractivity contribution is 5.62. The summed E-state index contributed by atoms with van der Waals surface area (Å²) < 4.78 is 5.76. The predicted octanol–water partition coefficient (Wildman–Crippen LogP) is 1.98. The Morgan fingerprint density at radius 1 is 1.05 bits per heavy atom. The summed E-state index contributed by atoms with van der Waals surface area (Å²) in [5.74, 6) is 1.63. The molecule has 0 aliphatic rings. The first-order valence-corrected chi connectivity index (χ1v) is 6.22. The highest BCUT2D eigenvalue weighted by atomic mass is 16.5. The molecule has 20 heavy (non-hydrogen) atoms. The zero-order chi connectivity index (χ0) is 14.7. The summed E-state index contributed by atoms with van der Waals surface area (Å²) >= 11 is 0. The smallest absolute Gasteiger partial charge is 0.228 e. The number of aromatic nitrogens is 2. The molecule has 6 heteroatoms. The van der Waals surface area contributed by atoms with E-state index in [1.54, 1.807) is 12.3 Å². The SMILES string of the molecule is CN(C)c1ccc(N)c(Oc2ccnc(N(C)C)n2)c1. The molecule has 0 spiro atoms. The van der Waals surface area contributed by atoms with Crippen molar-refractivity contribution >= 4 is 17.3 Å². The number of nitrogen functional groups attached to an aromatic ring is 1. The molecule has 0 aliphatic heterocycles. The minimum Gasteiger partial charge on any atom is -0.437 e. The maximum absolute atomic E-state index is 5.94. The summed E-state index contributed by atoms with van der Waals surface area (Å²) in [6, 6.07) is 7.34. The van der Waals surface area contributed by atoms with Gasteiger partial charge in [-0.25, -0.2) is 4.98 Å². The average molecular weight is 273 g/mol. The Bertz CT molecular complexity index is 598. The van der Waals surface area contributed by atoms with Crippen molar-refractivity contribution in [3.63, 3.8) is 0 Å². The topological polar surface area (TPSA) is 67.5 Å². The fourth-order valence-electron chi connectivity index (χ4n) is 1.61. The highest BCUT2D eigenvalue weighted by Crippen LogP contribution is 2.30. The molecular weight excluding hydrogens is 254 g/mol. The van der Waals surface area contributed by atoms with E-state index in [9.17, 15) is 0 Å². The standard InChI is InChI=1S/C14H19N5O/c1-18(2)10-5-6-11(15)12(9-10)20-13-7-8-16-14(17-13)19(3)4/h5-9H,15H2,1-4H3. The zero-order valence-corrected chi connectivity index (χ0v) is 12.2. The van der Waals surface area contributed by atoms with E-state index in [1.165, 1.54) is 0 Å². The number of benzene rings is 1. The molecule has 2 aromatic rings. The highest BCUT2D eigenvalue weighted by Gasteiger charge is 2.08. The second-order valence-electron chi connectivity index (χ2n) is 4.81. The van der Waals surface area contributed by atoms with Crippen LogP contribution in [0.15, 0.2) is 30.5 Å². The summed E-state index contributed by atoms with van der Waals surface area (Å²) in [5.41, 5.74) is 7.52. The molecular formula is C14H19N5O. The first-order valence-electron chi connectivity index (χ1n) is 6.22. The lowest BCUT2D eigenvalue weighted by Crippen LogP contribution is -2.12. The van der Waals surface area contributed by atoms with Crippen molar-refractivity contribution in [3.05, 3.63) is 30.5 Å². The lowest BCUT2D eigenvalue weighted by Gasteiger charge is -2.16. The van der Waals surface area contributed by atoms with Gasteiger partial charge >= 0.3 is 0 Å². The monoisotopic (exact) mass is 273 g/mol. The van der Waals surface area contributed by atoms with Crippen molar-refractivity contribution < 1.29 is 4.74 Å². The molecule has 0 bridgehead atoms. The number of anilines is 3. The second-order valence-corrected chi connectivity index (χ2v) is 4.81. The van der Waals surface area contributed by atoms with E-state index in [1.807, 2.05) is 56.2 Å². The minimum absolute atomic E-state index is 0.464. The molecule has 0 radical (unpaired) electrons. The molecule has 2 N–H and O–H groups in total. The molecule has 0 atom stereocenters. The third kappa shape index (κ3) is 3.09. The van der Waals surface area contributed by atoms with Crippen LogP contribution in [0.3, 0.4) is 0 Å². The number of nitrogens with zero attached hydrogens (tertiary/aromatic N) is 4. The number of hydrogen-bond donors (Lipinski definition) is 1. The molecule has 0 saturated heterocycles. The lowest BCUT2D eigenvalue weighted by atomic mass is 10.2. The van der Waals surface area contributed by atoms with Crippen LogP contribution in [0.1, 0.15) is 0 Å². The molecule has 0 saturated carbocycles. The van der Waals surface area contributed by atoms with Gasteiger partial charge in [0.05, 0.1) is 5.69 Å². The quantitative estimate of drug-likeness (QED) is 0.859. The van der Waals surface area contributed by atoms with Crippen molar-refractivity contribution in [3.8, 4) is 11.6 Å². The number of hydrogen-bond acceptors (Lipinski definition) is 6. The summed E-state index contributed by atoms with van der Waals surface area (Å²) in [6.07, 6.45) is 1.66. The van der Waals surface area contributed by atoms with Gasteiger partial charge in [-0.1, -0.05) is 0 Å². The van der Waals surface area contributed by atoms with E-state index in [0.29, 0.717) is 23.3 Å². The molecule has 1 aromatic carbocycles. The van der Waals surface area contributed by atoms with Crippen LogP contribution in [0.2, 0.25) is 0 Å². The van der Waals surface area contributed by atoms with Crippen molar-refractivity contribution in [2.75, 3.05) is 43.7 Å². The molecule has 0 amide bonds. The van der Waals surface area contributed by atoms with E-state index in [2.05, 4.69) is 9.97 Å². The molecule has 0 fully saturated rings. The van der Waals surface area contributed by atoms with Gasteiger partial charge in [0.2, 0.25) is 11.8 Å². The Balaban J connectivity index is 2.29.